The fourth-order valence-electron chi connectivity index (χ4n) is 1.79. The molecule has 0 spiro atoms. The molecular weight excluding hydrogens is 208 g/mol. The monoisotopic (exact) mass is 224 g/mol. The van der Waals surface area contributed by atoms with Crippen molar-refractivity contribution in [2.45, 2.75) is 26.3 Å². The molecule has 0 aromatic carbocycles. The molecule has 0 saturated carbocycles. The summed E-state index contributed by atoms with van der Waals surface area (Å²) in [7, 11) is 0. The lowest BCUT2D eigenvalue weighted by Gasteiger charge is -2.21. The summed E-state index contributed by atoms with van der Waals surface area (Å²) in [5.41, 5.74) is 0. The lowest BCUT2D eigenvalue weighted by atomic mass is 9.99. The van der Waals surface area contributed by atoms with Crippen LogP contribution in [-0.4, -0.2) is 29.1 Å². The second-order valence-electron chi connectivity index (χ2n) is 4.00. The van der Waals surface area contributed by atoms with E-state index in [9.17, 15) is 4.79 Å². The van der Waals surface area contributed by atoms with Gasteiger partial charge < -0.3 is 15.2 Å². The zero-order valence-corrected chi connectivity index (χ0v) is 9.32. The van der Waals surface area contributed by atoms with Crippen LogP contribution in [0.25, 0.3) is 0 Å². The standard InChI is InChI=1S/C10H16N4O2/c1-7-13-9(16-14-7)6-12-10(15)8-3-2-4-11-5-8/h8,11H,2-6H2,1H3,(H,12,15)/t8-/m1/s1. The minimum absolute atomic E-state index is 0.0584. The topological polar surface area (TPSA) is 80.0 Å². The molecular formula is C10H16N4O2. The van der Waals surface area contributed by atoms with Crippen molar-refractivity contribution < 1.29 is 9.32 Å². The van der Waals surface area contributed by atoms with E-state index in [1.807, 2.05) is 0 Å². The number of nitrogens with one attached hydrogen (secondary N) is 2. The Morgan fingerprint density at radius 2 is 2.56 bits per heavy atom. The van der Waals surface area contributed by atoms with Gasteiger partial charge in [0.1, 0.15) is 0 Å². The Hall–Kier alpha value is -1.43. The Morgan fingerprint density at radius 1 is 1.69 bits per heavy atom. The molecule has 2 N–H and O–H groups in total. The molecule has 2 heterocycles. The highest BCUT2D eigenvalue weighted by Crippen LogP contribution is 2.09. The molecule has 1 atom stereocenters. The van der Waals surface area contributed by atoms with Gasteiger partial charge in [0.25, 0.3) is 0 Å². The first kappa shape index (κ1) is 11.1. The second kappa shape index (κ2) is 5.07. The molecule has 1 aliphatic rings. The molecule has 0 radical (unpaired) electrons. The molecule has 0 unspecified atom stereocenters. The molecule has 1 fully saturated rings. The van der Waals surface area contributed by atoms with E-state index in [0.29, 0.717) is 18.3 Å². The van der Waals surface area contributed by atoms with Crippen LogP contribution in [0.15, 0.2) is 4.52 Å². The number of carbonyl (C=O) groups is 1. The highest BCUT2D eigenvalue weighted by molar-refractivity contribution is 5.78. The van der Waals surface area contributed by atoms with Gasteiger partial charge in [0, 0.05) is 6.54 Å². The van der Waals surface area contributed by atoms with E-state index < -0.39 is 0 Å². The van der Waals surface area contributed by atoms with Gasteiger partial charge in [-0.15, -0.1) is 0 Å². The van der Waals surface area contributed by atoms with Crippen LogP contribution in [0.2, 0.25) is 0 Å². The summed E-state index contributed by atoms with van der Waals surface area (Å²) in [5, 5.41) is 9.67. The van der Waals surface area contributed by atoms with Gasteiger partial charge in [-0.3, -0.25) is 4.79 Å². The summed E-state index contributed by atoms with van der Waals surface area (Å²) in [6, 6.07) is 0. The molecule has 1 amide bonds. The Bertz CT molecular complexity index is 357. The molecule has 1 aromatic rings. The summed E-state index contributed by atoms with van der Waals surface area (Å²) in [6.45, 7) is 3.83. The van der Waals surface area contributed by atoms with Crippen molar-refractivity contribution in [2.75, 3.05) is 13.1 Å². The van der Waals surface area contributed by atoms with Crippen LogP contribution in [-0.2, 0) is 11.3 Å². The van der Waals surface area contributed by atoms with Crippen LogP contribution in [0.4, 0.5) is 0 Å². The van der Waals surface area contributed by atoms with Crippen molar-refractivity contribution in [1.82, 2.24) is 20.8 Å². The number of hydrogen-bond donors (Lipinski definition) is 2. The summed E-state index contributed by atoms with van der Waals surface area (Å²) in [5.74, 6) is 1.17. The first-order valence-corrected chi connectivity index (χ1v) is 5.53. The summed E-state index contributed by atoms with van der Waals surface area (Å²) < 4.78 is 4.91. The number of nitrogens with zero attached hydrogens (tertiary/aromatic N) is 2. The van der Waals surface area contributed by atoms with Gasteiger partial charge in [0.2, 0.25) is 11.8 Å². The van der Waals surface area contributed by atoms with Crippen LogP contribution in [0.3, 0.4) is 0 Å². The van der Waals surface area contributed by atoms with Crippen molar-refractivity contribution in [2.24, 2.45) is 5.92 Å². The number of carbonyl (C=O) groups excluding carboxylic acids is 1. The molecule has 6 nitrogen and oxygen atoms in total. The summed E-state index contributed by atoms with van der Waals surface area (Å²) in [4.78, 5) is 15.8. The lowest BCUT2D eigenvalue weighted by Crippen LogP contribution is -2.40. The second-order valence-corrected chi connectivity index (χ2v) is 4.00. The van der Waals surface area contributed by atoms with E-state index >= 15 is 0 Å². The van der Waals surface area contributed by atoms with Gasteiger partial charge in [0.05, 0.1) is 12.5 Å². The van der Waals surface area contributed by atoms with Gasteiger partial charge in [-0.1, -0.05) is 5.16 Å². The minimum Gasteiger partial charge on any atom is -0.347 e. The summed E-state index contributed by atoms with van der Waals surface area (Å²) >= 11 is 0. The maximum Gasteiger partial charge on any atom is 0.246 e. The number of aryl methyl sites for hydroxylation is 1. The maximum absolute atomic E-state index is 11.7. The number of aromatic nitrogens is 2. The predicted molar refractivity (Wildman–Crippen MR) is 56.5 cm³/mol. The van der Waals surface area contributed by atoms with Crippen LogP contribution in [0.5, 0.6) is 0 Å². The third-order valence-corrected chi connectivity index (χ3v) is 2.65. The molecule has 1 saturated heterocycles. The van der Waals surface area contributed by atoms with Gasteiger partial charge in [-0.25, -0.2) is 0 Å². The fraction of sp³-hybridized carbons (Fsp3) is 0.700. The highest BCUT2D eigenvalue weighted by atomic mass is 16.5. The van der Waals surface area contributed by atoms with Crippen LogP contribution >= 0.6 is 0 Å². The Labute approximate surface area is 93.8 Å². The van der Waals surface area contributed by atoms with Crippen molar-refractivity contribution in [3.8, 4) is 0 Å². The molecule has 0 bridgehead atoms. The molecule has 2 rings (SSSR count). The SMILES string of the molecule is Cc1noc(CNC(=O)[C@@H]2CCCNC2)n1. The third-order valence-electron chi connectivity index (χ3n) is 2.65. The average Bonchev–Trinajstić information content (AvgIpc) is 2.73. The lowest BCUT2D eigenvalue weighted by molar-refractivity contribution is -0.125. The van der Waals surface area contributed by atoms with Gasteiger partial charge in [0.15, 0.2) is 5.82 Å². The number of piperidine rings is 1. The number of amides is 1. The van der Waals surface area contributed by atoms with Crippen LogP contribution < -0.4 is 10.6 Å². The first-order valence-electron chi connectivity index (χ1n) is 5.53. The Balaban J connectivity index is 1.78. The van der Waals surface area contributed by atoms with Gasteiger partial charge in [-0.05, 0) is 26.3 Å². The van der Waals surface area contributed by atoms with E-state index in [-0.39, 0.29) is 11.8 Å². The molecule has 0 aliphatic carbocycles. The Kier molecular flexibility index (Phi) is 3.51. The van der Waals surface area contributed by atoms with Crippen molar-refractivity contribution in [3.05, 3.63) is 11.7 Å². The highest BCUT2D eigenvalue weighted by Gasteiger charge is 2.20. The smallest absolute Gasteiger partial charge is 0.246 e. The van der Waals surface area contributed by atoms with E-state index in [2.05, 4.69) is 20.8 Å². The molecule has 6 heteroatoms. The van der Waals surface area contributed by atoms with Crippen molar-refractivity contribution in [3.63, 3.8) is 0 Å². The molecule has 88 valence electrons. The zero-order valence-electron chi connectivity index (χ0n) is 9.32. The molecule has 1 aliphatic heterocycles. The first-order chi connectivity index (χ1) is 7.75. The zero-order chi connectivity index (χ0) is 11.4. The fourth-order valence-corrected chi connectivity index (χ4v) is 1.79. The largest absolute Gasteiger partial charge is 0.347 e. The minimum atomic E-state index is 0.0584. The van der Waals surface area contributed by atoms with Gasteiger partial charge in [-0.2, -0.15) is 4.98 Å². The number of rotatable bonds is 3. The van der Waals surface area contributed by atoms with E-state index in [4.69, 9.17) is 4.52 Å². The van der Waals surface area contributed by atoms with E-state index in [1.54, 1.807) is 6.92 Å². The quantitative estimate of drug-likeness (QED) is 0.755. The van der Waals surface area contributed by atoms with Gasteiger partial charge >= 0.3 is 0 Å². The maximum atomic E-state index is 11.7. The average molecular weight is 224 g/mol. The van der Waals surface area contributed by atoms with E-state index in [1.165, 1.54) is 0 Å². The Morgan fingerprint density at radius 3 is 3.19 bits per heavy atom. The number of hydrogen-bond acceptors (Lipinski definition) is 5. The molecule has 1 aromatic heterocycles. The van der Waals surface area contributed by atoms with E-state index in [0.717, 1.165) is 25.9 Å². The van der Waals surface area contributed by atoms with Crippen LogP contribution in [0, 0.1) is 12.8 Å². The van der Waals surface area contributed by atoms with Crippen molar-refractivity contribution in [1.29, 1.82) is 0 Å². The third kappa shape index (κ3) is 2.79. The van der Waals surface area contributed by atoms with Crippen LogP contribution in [0.1, 0.15) is 24.6 Å². The predicted octanol–water partition coefficient (Wildman–Crippen LogP) is -0.00618. The summed E-state index contributed by atoms with van der Waals surface area (Å²) in [6.07, 6.45) is 2.00. The normalized spacial score (nSPS) is 20.7. The molecule has 16 heavy (non-hydrogen) atoms. The van der Waals surface area contributed by atoms with Crippen molar-refractivity contribution >= 4 is 5.91 Å².